The van der Waals surface area contributed by atoms with E-state index in [2.05, 4.69) is 5.32 Å². The molecule has 11 nitrogen and oxygen atoms in total. The maximum atomic E-state index is 12.6. The first-order valence-electron chi connectivity index (χ1n) is 15.7. The van der Waals surface area contributed by atoms with Crippen molar-refractivity contribution in [3.63, 3.8) is 0 Å². The van der Waals surface area contributed by atoms with Gasteiger partial charge in [0.05, 0.1) is 24.9 Å². The van der Waals surface area contributed by atoms with Crippen LogP contribution in [0.2, 0.25) is 0 Å². The number of likely N-dealkylation sites (N-methyl/N-ethyl adjacent to an activating group) is 1. The lowest BCUT2D eigenvalue weighted by Crippen LogP contribution is -2.39. The second-order valence-electron chi connectivity index (χ2n) is 11.8. The summed E-state index contributed by atoms with van der Waals surface area (Å²) in [5, 5.41) is 41.6. The number of amides is 2. The number of hydrogen-bond acceptors (Lipinski definition) is 9. The Morgan fingerprint density at radius 2 is 1.63 bits per heavy atom. The van der Waals surface area contributed by atoms with E-state index in [1.165, 1.54) is 0 Å². The number of rotatable bonds is 16. The first-order valence-corrected chi connectivity index (χ1v) is 15.7. The number of aromatic hydroxyl groups is 1. The van der Waals surface area contributed by atoms with Crippen molar-refractivity contribution < 1.29 is 39.6 Å². The molecule has 1 aliphatic heterocycles. The third kappa shape index (κ3) is 10.9. The van der Waals surface area contributed by atoms with Gasteiger partial charge in [0.1, 0.15) is 5.75 Å². The van der Waals surface area contributed by atoms with Crippen molar-refractivity contribution in [2.75, 3.05) is 25.5 Å². The van der Waals surface area contributed by atoms with Gasteiger partial charge in [-0.1, -0.05) is 61.4 Å². The predicted molar refractivity (Wildman–Crippen MR) is 172 cm³/mol. The van der Waals surface area contributed by atoms with E-state index < -0.39 is 18.3 Å². The topological polar surface area (TPSA) is 161 Å². The van der Waals surface area contributed by atoms with Gasteiger partial charge in [0.15, 0.2) is 6.29 Å². The Balaban J connectivity index is 1.39. The molecule has 0 saturated carbocycles. The van der Waals surface area contributed by atoms with Crippen LogP contribution in [0.15, 0.2) is 72.8 Å². The number of carbonyl (C=O) groups is 2. The predicted octanol–water partition coefficient (Wildman–Crippen LogP) is 4.88. The van der Waals surface area contributed by atoms with Gasteiger partial charge in [-0.3, -0.25) is 14.8 Å². The van der Waals surface area contributed by atoms with Gasteiger partial charge in [-0.2, -0.15) is 0 Å². The highest BCUT2D eigenvalue weighted by molar-refractivity contribution is 5.90. The van der Waals surface area contributed by atoms with E-state index >= 15 is 0 Å². The van der Waals surface area contributed by atoms with Crippen molar-refractivity contribution in [3.8, 4) is 5.75 Å². The number of unbranched alkanes of at least 4 members (excludes halogenated alkanes) is 3. The zero-order chi connectivity index (χ0) is 32.9. The van der Waals surface area contributed by atoms with Crippen molar-refractivity contribution >= 4 is 17.5 Å². The van der Waals surface area contributed by atoms with E-state index in [-0.39, 0.29) is 36.9 Å². The lowest BCUT2D eigenvalue weighted by Gasteiger charge is -2.38. The van der Waals surface area contributed by atoms with E-state index in [0.717, 1.165) is 29.5 Å². The van der Waals surface area contributed by atoms with Crippen LogP contribution < -0.4 is 10.8 Å². The zero-order valence-corrected chi connectivity index (χ0v) is 26.2. The van der Waals surface area contributed by atoms with Gasteiger partial charge >= 0.3 is 0 Å². The molecule has 3 aromatic rings. The number of aliphatic hydroxyl groups excluding tert-OH is 2. The number of phenolic OH excluding ortho intramolecular Hbond substituents is 1. The summed E-state index contributed by atoms with van der Waals surface area (Å²) in [7, 11) is 1.91. The van der Waals surface area contributed by atoms with Gasteiger partial charge in [-0.25, -0.2) is 5.48 Å². The number of phenols is 1. The molecule has 4 atom stereocenters. The maximum Gasteiger partial charge on any atom is 0.243 e. The van der Waals surface area contributed by atoms with Crippen molar-refractivity contribution in [2.24, 2.45) is 0 Å². The van der Waals surface area contributed by atoms with Gasteiger partial charge in [0.25, 0.3) is 0 Å². The zero-order valence-electron chi connectivity index (χ0n) is 26.2. The molecular weight excluding hydrogens is 590 g/mol. The second-order valence-corrected chi connectivity index (χ2v) is 11.8. The van der Waals surface area contributed by atoms with Crippen LogP contribution in [-0.4, -0.2) is 63.5 Å². The molecule has 0 aliphatic carbocycles. The molecule has 0 aromatic heterocycles. The molecule has 4 rings (SSSR count). The van der Waals surface area contributed by atoms with Crippen LogP contribution in [-0.2, 0) is 25.7 Å². The number of nitrogens with one attached hydrogen (secondary N) is 2. The van der Waals surface area contributed by atoms with Gasteiger partial charge in [0, 0.05) is 43.6 Å². The summed E-state index contributed by atoms with van der Waals surface area (Å²) in [6, 6.07) is 21.6. The van der Waals surface area contributed by atoms with E-state index in [0.29, 0.717) is 50.0 Å². The highest BCUT2D eigenvalue weighted by Crippen LogP contribution is 2.38. The molecule has 1 aliphatic rings. The molecule has 0 bridgehead atoms. The number of hydrogen-bond donors (Lipinski definition) is 6. The summed E-state index contributed by atoms with van der Waals surface area (Å²) < 4.78 is 12.9. The average Bonchev–Trinajstić information content (AvgIpc) is 3.06. The normalized spacial score (nSPS) is 18.7. The van der Waals surface area contributed by atoms with E-state index in [9.17, 15) is 24.9 Å². The standard InChI is InChI=1S/C35H45N3O8/c1-38(22-31(41)26-8-7-11-29(40)19-26)21-30-20-32(25-16-14-24(23-39)15-17-25)46-35(45-30)27-9-6-10-28(18-27)36-33(42)12-4-2-3-5-13-34(43)37-44/h6-11,14-19,30-32,35,39-41,44H,2-5,12-13,20-23H2,1H3,(H,36,42)(H,37,43)/t30-,31+,32+,35+/m0/s1. The molecule has 0 radical (unpaired) electrons. The molecule has 1 fully saturated rings. The fourth-order valence-electron chi connectivity index (χ4n) is 5.55. The van der Waals surface area contributed by atoms with Crippen molar-refractivity contribution in [3.05, 3.63) is 95.1 Å². The van der Waals surface area contributed by atoms with Gasteiger partial charge in [-0.15, -0.1) is 0 Å². The van der Waals surface area contributed by atoms with E-state index in [4.69, 9.17) is 14.7 Å². The van der Waals surface area contributed by atoms with Crippen LogP contribution in [0.5, 0.6) is 5.75 Å². The van der Waals surface area contributed by atoms with Crippen molar-refractivity contribution in [2.45, 2.75) is 76.2 Å². The second kappa shape index (κ2) is 17.7. The lowest BCUT2D eigenvalue weighted by atomic mass is 9.99. The summed E-state index contributed by atoms with van der Waals surface area (Å²) in [5.41, 5.74) is 5.40. The summed E-state index contributed by atoms with van der Waals surface area (Å²) in [6.45, 7) is 0.806. The Kier molecular flexibility index (Phi) is 13.5. The average molecular weight is 636 g/mol. The molecule has 1 heterocycles. The number of carbonyl (C=O) groups excluding carboxylic acids is 2. The van der Waals surface area contributed by atoms with Crippen molar-refractivity contribution in [1.29, 1.82) is 0 Å². The Morgan fingerprint density at radius 3 is 2.33 bits per heavy atom. The highest BCUT2D eigenvalue weighted by atomic mass is 16.7. The SMILES string of the molecule is CN(C[C@@H]1C[C@H](c2ccc(CO)cc2)O[C@H](c2cccc(NC(=O)CCCCCCC(=O)NO)c2)O1)C[C@@H](O)c1cccc(O)c1. The summed E-state index contributed by atoms with van der Waals surface area (Å²) in [5.74, 6) is -0.413. The molecule has 0 unspecified atom stereocenters. The minimum absolute atomic E-state index is 0.0473. The quantitative estimate of drug-likeness (QED) is 0.0732. The molecular formula is C35H45N3O8. The van der Waals surface area contributed by atoms with Crippen LogP contribution in [0.4, 0.5) is 5.69 Å². The molecule has 6 N–H and O–H groups in total. The molecule has 46 heavy (non-hydrogen) atoms. The number of hydroxylamine groups is 1. The first kappa shape index (κ1) is 35.0. The Labute approximate surface area is 269 Å². The van der Waals surface area contributed by atoms with Gasteiger partial charge < -0.3 is 35.0 Å². The van der Waals surface area contributed by atoms with Crippen LogP contribution in [0.3, 0.4) is 0 Å². The smallest absolute Gasteiger partial charge is 0.243 e. The molecule has 248 valence electrons. The molecule has 11 heteroatoms. The highest BCUT2D eigenvalue weighted by Gasteiger charge is 2.33. The molecule has 2 amide bonds. The minimum Gasteiger partial charge on any atom is -0.508 e. The van der Waals surface area contributed by atoms with Crippen LogP contribution in [0.25, 0.3) is 0 Å². The summed E-state index contributed by atoms with van der Waals surface area (Å²) in [6.07, 6.45) is 2.08. The van der Waals surface area contributed by atoms with Gasteiger partial charge in [-0.05, 0) is 60.8 Å². The summed E-state index contributed by atoms with van der Waals surface area (Å²) >= 11 is 0. The Morgan fingerprint density at radius 1 is 0.913 bits per heavy atom. The van der Waals surface area contributed by atoms with E-state index in [1.807, 2.05) is 60.5 Å². The third-order valence-corrected chi connectivity index (χ3v) is 7.99. The Bertz CT molecular complexity index is 1400. The number of benzene rings is 3. The third-order valence-electron chi connectivity index (χ3n) is 7.99. The van der Waals surface area contributed by atoms with Crippen LogP contribution >= 0.6 is 0 Å². The maximum absolute atomic E-state index is 12.6. The fourth-order valence-corrected chi connectivity index (χ4v) is 5.55. The fraction of sp³-hybridized carbons (Fsp3) is 0.429. The van der Waals surface area contributed by atoms with Crippen LogP contribution in [0.1, 0.15) is 85.7 Å². The van der Waals surface area contributed by atoms with E-state index in [1.54, 1.807) is 29.7 Å². The van der Waals surface area contributed by atoms with Gasteiger partial charge in [0.2, 0.25) is 11.8 Å². The van der Waals surface area contributed by atoms with Crippen LogP contribution in [0, 0.1) is 0 Å². The monoisotopic (exact) mass is 635 g/mol. The minimum atomic E-state index is -0.789. The Hall–Kier alpha value is -3.84. The number of anilines is 1. The first-order chi connectivity index (χ1) is 22.2. The van der Waals surface area contributed by atoms with Crippen molar-refractivity contribution in [1.82, 2.24) is 10.4 Å². The summed E-state index contributed by atoms with van der Waals surface area (Å²) in [4.78, 5) is 25.7. The molecule has 0 spiro atoms. The largest absolute Gasteiger partial charge is 0.508 e. The number of aliphatic hydroxyl groups is 2. The molecule has 1 saturated heterocycles. The lowest BCUT2D eigenvalue weighted by molar-refractivity contribution is -0.252. The number of ether oxygens (including phenoxy) is 2. The number of nitrogens with zero attached hydrogens (tertiary/aromatic N) is 1. The molecule has 3 aromatic carbocycles.